The molecule has 2 aliphatic rings. The molecule has 1 N–H and O–H groups in total. The molecule has 0 unspecified atom stereocenters. The van der Waals surface area contributed by atoms with Crippen LogP contribution in [0.5, 0.6) is 5.75 Å². The van der Waals surface area contributed by atoms with Crippen molar-refractivity contribution in [2.75, 3.05) is 38.6 Å². The number of likely N-dealkylation sites (tertiary alicyclic amines) is 2. The van der Waals surface area contributed by atoms with Crippen molar-refractivity contribution in [1.29, 1.82) is 0 Å². The number of hydrogen-bond acceptors (Lipinski definition) is 7. The summed E-state index contributed by atoms with van der Waals surface area (Å²) in [4.78, 5) is 41.9. The molecule has 2 aliphatic heterocycles. The van der Waals surface area contributed by atoms with E-state index in [1.54, 1.807) is 36.3 Å². The van der Waals surface area contributed by atoms with Crippen LogP contribution in [-0.2, 0) is 4.79 Å². The van der Waals surface area contributed by atoms with Crippen LogP contribution in [0.3, 0.4) is 0 Å². The molecule has 3 amide bonds. The van der Waals surface area contributed by atoms with Crippen LogP contribution in [0.25, 0.3) is 0 Å². The van der Waals surface area contributed by atoms with Crippen molar-refractivity contribution in [2.45, 2.75) is 38.5 Å². The topological polar surface area (TPSA) is 105 Å². The number of ether oxygens (including phenoxy) is 1. The van der Waals surface area contributed by atoms with Crippen LogP contribution >= 0.6 is 11.3 Å². The molecular formula is C23H29N5O4S. The Morgan fingerprint density at radius 3 is 2.18 bits per heavy atom. The number of nitrogens with zero attached hydrogens (tertiary/aromatic N) is 4. The Balaban J connectivity index is 1.30. The summed E-state index contributed by atoms with van der Waals surface area (Å²) in [5, 5.41) is 10.9. The highest BCUT2D eigenvalue weighted by molar-refractivity contribution is 7.15. The maximum atomic E-state index is 12.9. The zero-order valence-corrected chi connectivity index (χ0v) is 19.6. The number of amides is 3. The Kier molecular flexibility index (Phi) is 7.54. The Hall–Kier alpha value is -3.01. The van der Waals surface area contributed by atoms with Gasteiger partial charge in [-0.2, -0.15) is 0 Å². The van der Waals surface area contributed by atoms with Crippen molar-refractivity contribution in [3.8, 4) is 5.75 Å². The number of carbonyl (C=O) groups is 3. The van der Waals surface area contributed by atoms with Gasteiger partial charge in [-0.3, -0.25) is 14.4 Å². The molecule has 33 heavy (non-hydrogen) atoms. The smallest absolute Gasteiger partial charge is 0.286 e. The Morgan fingerprint density at radius 1 is 0.909 bits per heavy atom. The van der Waals surface area contributed by atoms with Crippen molar-refractivity contribution in [3.63, 3.8) is 0 Å². The molecule has 0 bridgehead atoms. The molecule has 10 heteroatoms. The lowest BCUT2D eigenvalue weighted by atomic mass is 9.95. The van der Waals surface area contributed by atoms with E-state index in [9.17, 15) is 14.4 Å². The molecule has 1 aromatic heterocycles. The molecule has 0 spiro atoms. The molecule has 1 aromatic carbocycles. The van der Waals surface area contributed by atoms with Gasteiger partial charge < -0.3 is 19.9 Å². The molecule has 2 aromatic rings. The summed E-state index contributed by atoms with van der Waals surface area (Å²) < 4.78 is 5.11. The summed E-state index contributed by atoms with van der Waals surface area (Å²) in [5.74, 6) is 0.244. The SMILES string of the molecule is COc1ccc(NC(=O)c2nnc(C(=O)N3CCC(C(=O)N4CCCCCC4)CC3)s2)cc1. The molecule has 0 aliphatic carbocycles. The molecular weight excluding hydrogens is 442 g/mol. The highest BCUT2D eigenvalue weighted by atomic mass is 32.1. The fourth-order valence-electron chi connectivity index (χ4n) is 4.27. The van der Waals surface area contributed by atoms with E-state index < -0.39 is 5.91 Å². The first-order valence-electron chi connectivity index (χ1n) is 11.4. The normalized spacial score (nSPS) is 17.4. The van der Waals surface area contributed by atoms with Gasteiger partial charge in [0, 0.05) is 37.8 Å². The summed E-state index contributed by atoms with van der Waals surface area (Å²) in [6, 6.07) is 6.93. The van der Waals surface area contributed by atoms with E-state index in [2.05, 4.69) is 15.5 Å². The Morgan fingerprint density at radius 2 is 1.55 bits per heavy atom. The van der Waals surface area contributed by atoms with E-state index in [1.807, 2.05) is 4.90 Å². The van der Waals surface area contributed by atoms with Gasteiger partial charge in [0.15, 0.2) is 0 Å². The molecule has 3 heterocycles. The van der Waals surface area contributed by atoms with E-state index in [0.717, 1.165) is 37.3 Å². The number of anilines is 1. The van der Waals surface area contributed by atoms with Crippen LogP contribution in [0.1, 0.15) is 58.1 Å². The molecule has 2 saturated heterocycles. The third kappa shape index (κ3) is 5.68. The van der Waals surface area contributed by atoms with E-state index in [0.29, 0.717) is 37.4 Å². The van der Waals surface area contributed by atoms with E-state index in [4.69, 9.17) is 4.74 Å². The van der Waals surface area contributed by atoms with Gasteiger partial charge in [-0.15, -0.1) is 10.2 Å². The first-order valence-corrected chi connectivity index (χ1v) is 12.2. The van der Waals surface area contributed by atoms with Crippen LogP contribution in [0.2, 0.25) is 0 Å². The van der Waals surface area contributed by atoms with Gasteiger partial charge in [0.1, 0.15) is 5.75 Å². The third-order valence-corrected chi connectivity index (χ3v) is 7.11. The average molecular weight is 472 g/mol. The summed E-state index contributed by atoms with van der Waals surface area (Å²) in [7, 11) is 1.57. The summed E-state index contributed by atoms with van der Waals surface area (Å²) in [6.07, 6.45) is 5.86. The van der Waals surface area contributed by atoms with Crippen LogP contribution in [0.15, 0.2) is 24.3 Å². The van der Waals surface area contributed by atoms with Crippen molar-refractivity contribution in [2.24, 2.45) is 5.92 Å². The van der Waals surface area contributed by atoms with Gasteiger partial charge >= 0.3 is 0 Å². The minimum absolute atomic E-state index is 0.0209. The summed E-state index contributed by atoms with van der Waals surface area (Å²) in [5.41, 5.74) is 0.597. The number of nitrogens with one attached hydrogen (secondary N) is 1. The number of benzene rings is 1. The maximum Gasteiger partial charge on any atom is 0.286 e. The lowest BCUT2D eigenvalue weighted by Crippen LogP contribution is -2.44. The van der Waals surface area contributed by atoms with Gasteiger partial charge in [-0.25, -0.2) is 0 Å². The molecule has 176 valence electrons. The predicted octanol–water partition coefficient (Wildman–Crippen LogP) is 3.05. The van der Waals surface area contributed by atoms with Gasteiger partial charge in [0.05, 0.1) is 7.11 Å². The number of rotatable bonds is 5. The van der Waals surface area contributed by atoms with Gasteiger partial charge in [-0.05, 0) is 49.9 Å². The van der Waals surface area contributed by atoms with Gasteiger partial charge in [0.2, 0.25) is 15.9 Å². The minimum atomic E-state index is -0.418. The molecule has 0 radical (unpaired) electrons. The first kappa shape index (κ1) is 23.2. The second-order valence-electron chi connectivity index (χ2n) is 8.40. The fraction of sp³-hybridized carbons (Fsp3) is 0.522. The largest absolute Gasteiger partial charge is 0.497 e. The second-order valence-corrected chi connectivity index (χ2v) is 9.38. The predicted molar refractivity (Wildman–Crippen MR) is 125 cm³/mol. The maximum absolute atomic E-state index is 12.9. The molecule has 2 fully saturated rings. The van der Waals surface area contributed by atoms with Gasteiger partial charge in [-0.1, -0.05) is 24.2 Å². The Bertz CT molecular complexity index is 977. The van der Waals surface area contributed by atoms with Crippen LogP contribution < -0.4 is 10.1 Å². The summed E-state index contributed by atoms with van der Waals surface area (Å²) in [6.45, 7) is 2.72. The van der Waals surface area contributed by atoms with Crippen LogP contribution in [-0.4, -0.2) is 71.0 Å². The van der Waals surface area contributed by atoms with E-state index in [1.165, 1.54) is 12.8 Å². The first-order chi connectivity index (χ1) is 16.0. The Labute approximate surface area is 197 Å². The van der Waals surface area contributed by atoms with E-state index in [-0.39, 0.29) is 27.7 Å². The molecule has 9 nitrogen and oxygen atoms in total. The third-order valence-electron chi connectivity index (χ3n) is 6.20. The van der Waals surface area contributed by atoms with Crippen molar-refractivity contribution < 1.29 is 19.1 Å². The number of carbonyl (C=O) groups excluding carboxylic acids is 3. The minimum Gasteiger partial charge on any atom is -0.497 e. The lowest BCUT2D eigenvalue weighted by molar-refractivity contribution is -0.136. The van der Waals surface area contributed by atoms with Crippen molar-refractivity contribution in [1.82, 2.24) is 20.0 Å². The van der Waals surface area contributed by atoms with Crippen molar-refractivity contribution >= 4 is 34.7 Å². The lowest BCUT2D eigenvalue weighted by Gasteiger charge is -2.33. The quantitative estimate of drug-likeness (QED) is 0.719. The number of hydrogen-bond donors (Lipinski definition) is 1. The zero-order valence-electron chi connectivity index (χ0n) is 18.8. The number of aromatic nitrogens is 2. The highest BCUT2D eigenvalue weighted by Crippen LogP contribution is 2.24. The van der Waals surface area contributed by atoms with Crippen LogP contribution in [0.4, 0.5) is 5.69 Å². The van der Waals surface area contributed by atoms with E-state index >= 15 is 0 Å². The van der Waals surface area contributed by atoms with Gasteiger partial charge in [0.25, 0.3) is 11.8 Å². The van der Waals surface area contributed by atoms with Crippen molar-refractivity contribution in [3.05, 3.63) is 34.3 Å². The van der Waals surface area contributed by atoms with Crippen LogP contribution in [0, 0.1) is 5.92 Å². The molecule has 0 saturated carbocycles. The monoisotopic (exact) mass is 471 g/mol. The fourth-order valence-corrected chi connectivity index (χ4v) is 4.98. The average Bonchev–Trinajstić information content (AvgIpc) is 3.19. The summed E-state index contributed by atoms with van der Waals surface area (Å²) >= 11 is 0.976. The molecule has 4 rings (SSSR count). The molecule has 0 atom stereocenters. The highest BCUT2D eigenvalue weighted by Gasteiger charge is 2.32. The number of methoxy groups -OCH3 is 1. The number of piperidine rings is 1. The standard InChI is InChI=1S/C23H29N5O4S/c1-32-18-8-6-17(7-9-18)24-19(29)20-25-26-21(33-20)23(31)28-14-10-16(11-15-28)22(30)27-12-4-2-3-5-13-27/h6-9,16H,2-5,10-15H2,1H3,(H,24,29). The second kappa shape index (κ2) is 10.7. The zero-order chi connectivity index (χ0) is 23.2.